The number of nitrogens with one attached hydrogen (secondary N) is 1. The van der Waals surface area contributed by atoms with Crippen molar-refractivity contribution in [3.05, 3.63) is 11.9 Å². The zero-order chi connectivity index (χ0) is 12.3. The second kappa shape index (κ2) is 5.44. The topological polar surface area (TPSA) is 58.1 Å². The Balaban J connectivity index is 2.28. The van der Waals surface area contributed by atoms with Gasteiger partial charge in [0.1, 0.15) is 18.0 Å². The van der Waals surface area contributed by atoms with Crippen LogP contribution >= 0.6 is 0 Å². The average molecular weight is 254 g/mol. The summed E-state index contributed by atoms with van der Waals surface area (Å²) >= 11 is 0. The largest absolute Gasteiger partial charge is 0.373 e. The molecule has 2 heterocycles. The lowest BCUT2D eigenvalue weighted by molar-refractivity contribution is 0.672. The van der Waals surface area contributed by atoms with Gasteiger partial charge in [0, 0.05) is 48.0 Å². The molecule has 1 aliphatic heterocycles. The van der Waals surface area contributed by atoms with Gasteiger partial charge in [0.25, 0.3) is 0 Å². The second-order valence-electron chi connectivity index (χ2n) is 3.96. The van der Waals surface area contributed by atoms with Gasteiger partial charge in [0.2, 0.25) is 0 Å². The summed E-state index contributed by atoms with van der Waals surface area (Å²) in [6.45, 7) is 3.74. The van der Waals surface area contributed by atoms with Gasteiger partial charge in [-0.25, -0.2) is 9.97 Å². The molecule has 6 heteroatoms. The molecule has 0 spiro atoms. The third-order valence-electron chi connectivity index (χ3n) is 2.99. The molecule has 5 nitrogen and oxygen atoms in total. The second-order valence-corrected chi connectivity index (χ2v) is 5.66. The molecule has 0 radical (unpaired) electrons. The predicted octanol–water partition coefficient (Wildman–Crippen LogP) is 0.649. The minimum atomic E-state index is -0.651. The fourth-order valence-corrected chi connectivity index (χ4v) is 3.12. The van der Waals surface area contributed by atoms with Crippen molar-refractivity contribution in [1.82, 2.24) is 9.97 Å². The lowest BCUT2D eigenvalue weighted by Crippen LogP contribution is -2.38. The van der Waals surface area contributed by atoms with Gasteiger partial charge in [0.05, 0.1) is 0 Å². The highest BCUT2D eigenvalue weighted by Crippen LogP contribution is 2.24. The van der Waals surface area contributed by atoms with Crippen LogP contribution in [0.4, 0.5) is 11.6 Å². The number of anilines is 2. The molecule has 1 N–H and O–H groups in total. The van der Waals surface area contributed by atoms with Crippen molar-refractivity contribution in [2.75, 3.05) is 41.9 Å². The van der Waals surface area contributed by atoms with Crippen LogP contribution in [0.5, 0.6) is 0 Å². The lowest BCUT2D eigenvalue weighted by atomic mass is 10.2. The standard InChI is InChI=1S/C11H18N4OS/c1-3-9-10(12-2)13-8-14-11(9)15-4-6-17(16)7-5-15/h8H,3-7H2,1-2H3,(H,12,13,14). The first-order valence-corrected chi connectivity index (χ1v) is 7.36. The van der Waals surface area contributed by atoms with Crippen LogP contribution in [0.3, 0.4) is 0 Å². The summed E-state index contributed by atoms with van der Waals surface area (Å²) in [6.07, 6.45) is 2.48. The molecule has 0 aromatic carbocycles. The Labute approximate surface area is 104 Å². The number of aromatic nitrogens is 2. The van der Waals surface area contributed by atoms with Gasteiger partial charge < -0.3 is 10.2 Å². The molecule has 0 aliphatic carbocycles. The zero-order valence-electron chi connectivity index (χ0n) is 10.3. The summed E-state index contributed by atoms with van der Waals surface area (Å²) < 4.78 is 11.4. The highest BCUT2D eigenvalue weighted by molar-refractivity contribution is 7.85. The van der Waals surface area contributed by atoms with E-state index in [4.69, 9.17) is 0 Å². The molecule has 0 unspecified atom stereocenters. The Hall–Kier alpha value is -1.17. The average Bonchev–Trinajstić information content (AvgIpc) is 2.38. The van der Waals surface area contributed by atoms with Gasteiger partial charge in [-0.1, -0.05) is 6.92 Å². The predicted molar refractivity (Wildman–Crippen MR) is 71.0 cm³/mol. The van der Waals surface area contributed by atoms with Crippen LogP contribution < -0.4 is 10.2 Å². The van der Waals surface area contributed by atoms with E-state index in [1.807, 2.05) is 7.05 Å². The molecule has 1 aromatic rings. The molecule has 2 rings (SSSR count). The summed E-state index contributed by atoms with van der Waals surface area (Å²) in [6, 6.07) is 0. The van der Waals surface area contributed by atoms with Crippen molar-refractivity contribution < 1.29 is 4.21 Å². The van der Waals surface area contributed by atoms with E-state index in [-0.39, 0.29) is 0 Å². The van der Waals surface area contributed by atoms with E-state index in [9.17, 15) is 4.21 Å². The molecule has 0 saturated carbocycles. The summed E-state index contributed by atoms with van der Waals surface area (Å²) in [7, 11) is 1.22. The molecule has 0 bridgehead atoms. The van der Waals surface area contributed by atoms with E-state index in [0.717, 1.165) is 48.2 Å². The Morgan fingerprint density at radius 1 is 1.41 bits per heavy atom. The van der Waals surface area contributed by atoms with Crippen molar-refractivity contribution >= 4 is 22.4 Å². The van der Waals surface area contributed by atoms with E-state index >= 15 is 0 Å². The van der Waals surface area contributed by atoms with Crippen molar-refractivity contribution in [3.8, 4) is 0 Å². The van der Waals surface area contributed by atoms with E-state index in [2.05, 4.69) is 27.1 Å². The maximum absolute atomic E-state index is 11.4. The first kappa shape index (κ1) is 12.3. The van der Waals surface area contributed by atoms with Gasteiger partial charge in [-0.3, -0.25) is 4.21 Å². The first-order chi connectivity index (χ1) is 8.26. The molecule has 94 valence electrons. The minimum absolute atomic E-state index is 0.651. The van der Waals surface area contributed by atoms with Crippen LogP contribution in [0.2, 0.25) is 0 Å². The van der Waals surface area contributed by atoms with Crippen LogP contribution in [0.1, 0.15) is 12.5 Å². The summed E-state index contributed by atoms with van der Waals surface area (Å²) in [5.41, 5.74) is 1.14. The Kier molecular flexibility index (Phi) is 3.93. The maximum Gasteiger partial charge on any atom is 0.137 e. The summed E-state index contributed by atoms with van der Waals surface area (Å²) in [4.78, 5) is 10.8. The van der Waals surface area contributed by atoms with Crippen LogP contribution in [0.15, 0.2) is 6.33 Å². The first-order valence-electron chi connectivity index (χ1n) is 5.87. The van der Waals surface area contributed by atoms with E-state index in [0.29, 0.717) is 0 Å². The van der Waals surface area contributed by atoms with E-state index in [1.54, 1.807) is 6.33 Å². The fourth-order valence-electron chi connectivity index (χ4n) is 2.07. The maximum atomic E-state index is 11.4. The van der Waals surface area contributed by atoms with Gasteiger partial charge in [-0.05, 0) is 6.42 Å². The van der Waals surface area contributed by atoms with Crippen LogP contribution in [0.25, 0.3) is 0 Å². The SMILES string of the molecule is CCc1c(NC)ncnc1N1CCS(=O)CC1. The fraction of sp³-hybridized carbons (Fsp3) is 0.636. The molecule has 0 atom stereocenters. The third-order valence-corrected chi connectivity index (χ3v) is 4.27. The summed E-state index contributed by atoms with van der Waals surface area (Å²) in [5.74, 6) is 3.36. The highest BCUT2D eigenvalue weighted by atomic mass is 32.2. The third kappa shape index (κ3) is 2.57. The van der Waals surface area contributed by atoms with Gasteiger partial charge >= 0.3 is 0 Å². The lowest BCUT2D eigenvalue weighted by Gasteiger charge is -2.29. The normalized spacial score (nSPS) is 17.2. The monoisotopic (exact) mass is 254 g/mol. The Morgan fingerprint density at radius 3 is 2.71 bits per heavy atom. The Bertz CT molecular complexity index is 414. The quantitative estimate of drug-likeness (QED) is 0.858. The molecule has 1 saturated heterocycles. The number of rotatable bonds is 3. The molecule has 1 aromatic heterocycles. The van der Waals surface area contributed by atoms with E-state index < -0.39 is 10.8 Å². The molecular formula is C11H18N4OS. The van der Waals surface area contributed by atoms with Crippen molar-refractivity contribution in [2.45, 2.75) is 13.3 Å². The molecule has 0 amide bonds. The van der Waals surface area contributed by atoms with Gasteiger partial charge in [-0.15, -0.1) is 0 Å². The van der Waals surface area contributed by atoms with Crippen molar-refractivity contribution in [3.63, 3.8) is 0 Å². The van der Waals surface area contributed by atoms with Crippen molar-refractivity contribution in [1.29, 1.82) is 0 Å². The number of hydrogen-bond acceptors (Lipinski definition) is 5. The van der Waals surface area contributed by atoms with Crippen LogP contribution in [-0.2, 0) is 17.2 Å². The number of nitrogens with zero attached hydrogens (tertiary/aromatic N) is 3. The Morgan fingerprint density at radius 2 is 2.12 bits per heavy atom. The smallest absolute Gasteiger partial charge is 0.137 e. The minimum Gasteiger partial charge on any atom is -0.373 e. The van der Waals surface area contributed by atoms with Crippen LogP contribution in [-0.4, -0.2) is 45.8 Å². The molecule has 17 heavy (non-hydrogen) atoms. The zero-order valence-corrected chi connectivity index (χ0v) is 11.1. The van der Waals surface area contributed by atoms with E-state index in [1.165, 1.54) is 0 Å². The van der Waals surface area contributed by atoms with Gasteiger partial charge in [0.15, 0.2) is 0 Å². The molecule has 1 fully saturated rings. The molecular weight excluding hydrogens is 236 g/mol. The van der Waals surface area contributed by atoms with Gasteiger partial charge in [-0.2, -0.15) is 0 Å². The van der Waals surface area contributed by atoms with Crippen molar-refractivity contribution in [2.24, 2.45) is 0 Å². The summed E-state index contributed by atoms with van der Waals surface area (Å²) in [5, 5.41) is 3.10. The highest BCUT2D eigenvalue weighted by Gasteiger charge is 2.20. The number of hydrogen-bond donors (Lipinski definition) is 1. The van der Waals surface area contributed by atoms with Crippen LogP contribution in [0, 0.1) is 0 Å². The molecule has 1 aliphatic rings.